The Hall–Kier alpha value is -3.65. The van der Waals surface area contributed by atoms with Crippen molar-refractivity contribution in [2.24, 2.45) is 5.92 Å². The van der Waals surface area contributed by atoms with Crippen LogP contribution in [0.4, 0.5) is 0 Å². The Kier molecular flexibility index (Phi) is 4.68. The number of hydrogen-bond donors (Lipinski definition) is 1. The van der Waals surface area contributed by atoms with Gasteiger partial charge in [-0.05, 0) is 53.2 Å². The first-order chi connectivity index (χ1) is 14.7. The Morgan fingerprint density at radius 3 is 2.67 bits per heavy atom. The Bertz CT molecular complexity index is 1180. The summed E-state index contributed by atoms with van der Waals surface area (Å²) in [6, 6.07) is 19.1. The van der Waals surface area contributed by atoms with Crippen molar-refractivity contribution in [2.45, 2.75) is 12.5 Å². The lowest BCUT2D eigenvalue weighted by molar-refractivity contribution is 0.0764. The molecule has 0 bridgehead atoms. The molecule has 1 fully saturated rings. The van der Waals surface area contributed by atoms with Crippen molar-refractivity contribution in [1.82, 2.24) is 30.1 Å². The maximum Gasteiger partial charge on any atom is 0.253 e. The molecule has 2 atom stereocenters. The molecule has 0 saturated carbocycles. The van der Waals surface area contributed by atoms with Crippen LogP contribution < -0.4 is 0 Å². The van der Waals surface area contributed by atoms with Crippen molar-refractivity contribution in [3.63, 3.8) is 0 Å². The molecule has 0 spiro atoms. The highest BCUT2D eigenvalue weighted by Gasteiger charge is 2.34. The molecule has 150 valence electrons. The lowest BCUT2D eigenvalue weighted by atomic mass is 9.99. The van der Waals surface area contributed by atoms with Gasteiger partial charge in [0.2, 0.25) is 0 Å². The van der Waals surface area contributed by atoms with E-state index in [9.17, 15) is 9.90 Å². The number of pyridine rings is 1. The van der Waals surface area contributed by atoms with Crippen molar-refractivity contribution in [1.29, 1.82) is 0 Å². The quantitative estimate of drug-likeness (QED) is 0.562. The molecule has 30 heavy (non-hydrogen) atoms. The van der Waals surface area contributed by atoms with Gasteiger partial charge < -0.3 is 10.0 Å². The van der Waals surface area contributed by atoms with Gasteiger partial charge in [0.15, 0.2) is 0 Å². The molecule has 3 heterocycles. The van der Waals surface area contributed by atoms with Gasteiger partial charge in [0.1, 0.15) is 6.33 Å². The van der Waals surface area contributed by atoms with Gasteiger partial charge in [0, 0.05) is 35.7 Å². The van der Waals surface area contributed by atoms with Gasteiger partial charge in [-0.25, -0.2) is 4.68 Å². The van der Waals surface area contributed by atoms with Crippen molar-refractivity contribution < 1.29 is 9.90 Å². The number of benzene rings is 2. The van der Waals surface area contributed by atoms with E-state index in [0.717, 1.165) is 22.3 Å². The van der Waals surface area contributed by atoms with E-state index in [4.69, 9.17) is 4.98 Å². The van der Waals surface area contributed by atoms with Crippen LogP contribution >= 0.6 is 0 Å². The zero-order valence-electron chi connectivity index (χ0n) is 16.2. The summed E-state index contributed by atoms with van der Waals surface area (Å²) >= 11 is 0. The molecule has 1 aliphatic heterocycles. The number of aromatic nitrogens is 5. The summed E-state index contributed by atoms with van der Waals surface area (Å²) in [6.07, 6.45) is 1.57. The predicted octanol–water partition coefficient (Wildman–Crippen LogP) is 1.89. The van der Waals surface area contributed by atoms with E-state index in [1.165, 1.54) is 11.0 Å². The van der Waals surface area contributed by atoms with Crippen molar-refractivity contribution >= 4 is 16.8 Å². The highest BCUT2D eigenvalue weighted by Crippen LogP contribution is 2.24. The average molecular weight is 400 g/mol. The first-order valence-corrected chi connectivity index (χ1v) is 9.83. The number of carbonyl (C=O) groups excluding carboxylic acids is 1. The van der Waals surface area contributed by atoms with Gasteiger partial charge in [-0.1, -0.05) is 24.3 Å². The Balaban J connectivity index is 1.28. The molecule has 0 unspecified atom stereocenters. The van der Waals surface area contributed by atoms with E-state index in [1.54, 1.807) is 29.2 Å². The third-order valence-electron chi connectivity index (χ3n) is 5.55. The molecule has 1 N–H and O–H groups in total. The first kappa shape index (κ1) is 18.4. The van der Waals surface area contributed by atoms with Crippen molar-refractivity contribution in [2.75, 3.05) is 13.1 Å². The van der Waals surface area contributed by atoms with E-state index in [2.05, 4.69) is 15.5 Å². The molecule has 1 aliphatic rings. The van der Waals surface area contributed by atoms with E-state index >= 15 is 0 Å². The molecule has 5 rings (SSSR count). The summed E-state index contributed by atoms with van der Waals surface area (Å²) in [4.78, 5) is 19.3. The fraction of sp³-hybridized carbons (Fsp3) is 0.227. The minimum Gasteiger partial charge on any atom is -0.391 e. The molecule has 4 aromatic rings. The zero-order chi connectivity index (χ0) is 20.5. The lowest BCUT2D eigenvalue weighted by Crippen LogP contribution is -2.29. The van der Waals surface area contributed by atoms with Gasteiger partial charge in [0.05, 0.1) is 17.3 Å². The third-order valence-corrected chi connectivity index (χ3v) is 5.55. The largest absolute Gasteiger partial charge is 0.391 e. The normalized spacial score (nSPS) is 18.8. The molecular weight excluding hydrogens is 380 g/mol. The summed E-state index contributed by atoms with van der Waals surface area (Å²) in [5, 5.41) is 22.7. The molecule has 1 saturated heterocycles. The first-order valence-electron chi connectivity index (χ1n) is 9.83. The summed E-state index contributed by atoms with van der Waals surface area (Å²) in [5.74, 6) is -0.130. The second kappa shape index (κ2) is 7.64. The second-order valence-electron chi connectivity index (χ2n) is 7.54. The Morgan fingerprint density at radius 1 is 1.03 bits per heavy atom. The number of rotatable bonds is 4. The topological polar surface area (TPSA) is 97.0 Å². The summed E-state index contributed by atoms with van der Waals surface area (Å²) in [6.45, 7) is 0.828. The standard InChI is InChI=1S/C22H20N6O2/c29-21-13-27(22(30)16-6-9-19(10-7-16)28-14-23-25-26-28)12-17(21)11-18-8-5-15-3-1-2-4-20(15)24-18/h1-10,14,17,21,29H,11-13H2/t17-,21-/m1/s1. The summed E-state index contributed by atoms with van der Waals surface area (Å²) < 4.78 is 1.53. The van der Waals surface area contributed by atoms with Crippen molar-refractivity contribution in [3.8, 4) is 5.69 Å². The van der Waals surface area contributed by atoms with Crippen LogP contribution in [0.15, 0.2) is 67.0 Å². The molecule has 0 aliphatic carbocycles. The van der Waals surface area contributed by atoms with Crippen LogP contribution in [0.2, 0.25) is 0 Å². The highest BCUT2D eigenvalue weighted by atomic mass is 16.3. The minimum absolute atomic E-state index is 0.0388. The Morgan fingerprint density at radius 2 is 1.87 bits per heavy atom. The maximum atomic E-state index is 12.9. The van der Waals surface area contributed by atoms with Gasteiger partial charge in [-0.3, -0.25) is 9.78 Å². The molecular formula is C22H20N6O2. The number of carbonyl (C=O) groups is 1. The second-order valence-corrected chi connectivity index (χ2v) is 7.54. The molecule has 8 heteroatoms. The molecule has 1 amide bonds. The SMILES string of the molecule is O=C(c1ccc(-n2cnnn2)cc1)N1C[C@@H](Cc2ccc3ccccc3n2)[C@H](O)C1. The monoisotopic (exact) mass is 400 g/mol. The number of β-amino-alcohol motifs (C(OH)–C–C–N with tert-alkyl or cyclic N) is 1. The smallest absolute Gasteiger partial charge is 0.253 e. The van der Waals surface area contributed by atoms with Gasteiger partial charge >= 0.3 is 0 Å². The lowest BCUT2D eigenvalue weighted by Gasteiger charge is -2.16. The van der Waals surface area contributed by atoms with E-state index in [-0.39, 0.29) is 11.8 Å². The third kappa shape index (κ3) is 3.53. The number of tetrazole rings is 1. The number of likely N-dealkylation sites (tertiary alicyclic amines) is 1. The van der Waals surface area contributed by atoms with Gasteiger partial charge in [-0.2, -0.15) is 0 Å². The number of amides is 1. The number of hydrogen-bond acceptors (Lipinski definition) is 6. The van der Waals surface area contributed by atoms with Gasteiger partial charge in [0.25, 0.3) is 5.91 Å². The van der Waals surface area contributed by atoms with Crippen LogP contribution in [0.1, 0.15) is 16.1 Å². The number of aliphatic hydroxyl groups is 1. The number of para-hydroxylation sites is 1. The number of fused-ring (bicyclic) bond motifs is 1. The molecule has 8 nitrogen and oxygen atoms in total. The van der Waals surface area contributed by atoms with Crippen LogP contribution in [0, 0.1) is 5.92 Å². The van der Waals surface area contributed by atoms with E-state index in [0.29, 0.717) is 25.1 Å². The van der Waals surface area contributed by atoms with E-state index < -0.39 is 6.10 Å². The minimum atomic E-state index is -0.567. The summed E-state index contributed by atoms with van der Waals surface area (Å²) in [7, 11) is 0. The van der Waals surface area contributed by atoms with Crippen molar-refractivity contribution in [3.05, 3.63) is 78.2 Å². The van der Waals surface area contributed by atoms with E-state index in [1.807, 2.05) is 36.4 Å². The zero-order valence-corrected chi connectivity index (χ0v) is 16.2. The van der Waals surface area contributed by atoms with Gasteiger partial charge in [-0.15, -0.1) is 5.10 Å². The maximum absolute atomic E-state index is 12.9. The molecule has 2 aromatic carbocycles. The number of nitrogens with zero attached hydrogens (tertiary/aromatic N) is 6. The summed E-state index contributed by atoms with van der Waals surface area (Å²) in [5.41, 5.74) is 3.22. The van der Waals surface area contributed by atoms with Crippen LogP contribution in [0.3, 0.4) is 0 Å². The van der Waals surface area contributed by atoms with Crippen LogP contribution in [0.25, 0.3) is 16.6 Å². The number of aliphatic hydroxyl groups excluding tert-OH is 1. The van der Waals surface area contributed by atoms with Crippen LogP contribution in [-0.2, 0) is 6.42 Å². The van der Waals surface area contributed by atoms with Crippen LogP contribution in [0.5, 0.6) is 0 Å². The predicted molar refractivity (Wildman–Crippen MR) is 110 cm³/mol. The fourth-order valence-corrected chi connectivity index (χ4v) is 3.93. The molecule has 0 radical (unpaired) electrons. The highest BCUT2D eigenvalue weighted by molar-refractivity contribution is 5.94. The average Bonchev–Trinajstić information content (AvgIpc) is 3.44. The fourth-order valence-electron chi connectivity index (χ4n) is 3.93. The van der Waals surface area contributed by atoms with Crippen LogP contribution in [-0.4, -0.2) is 60.3 Å². The Labute approximate surface area is 172 Å². The molecule has 2 aromatic heterocycles.